The SMILES string of the molecule is O=C(CN(Cc1ccc(F)cc1)S(=O)(=O)c1ccc(S(=O)(=O)N2CCCCCC2)cc1)Nc1ccc(Oc2ccccc2)cc1. The van der Waals surface area contributed by atoms with E-state index < -0.39 is 38.3 Å². The molecule has 1 aliphatic heterocycles. The molecule has 1 fully saturated rings. The van der Waals surface area contributed by atoms with Gasteiger partial charge in [-0.3, -0.25) is 4.79 Å². The molecule has 1 N–H and O–H groups in total. The van der Waals surface area contributed by atoms with E-state index in [4.69, 9.17) is 4.74 Å². The molecule has 12 heteroatoms. The summed E-state index contributed by atoms with van der Waals surface area (Å²) < 4.78 is 75.8. The van der Waals surface area contributed by atoms with Gasteiger partial charge in [0.05, 0.1) is 16.3 Å². The zero-order valence-corrected chi connectivity index (χ0v) is 26.1. The number of ether oxygens (including phenoxy) is 1. The Hall–Kier alpha value is -4.10. The predicted octanol–water partition coefficient (Wildman–Crippen LogP) is 6.01. The second-order valence-corrected chi connectivity index (χ2v) is 14.6. The van der Waals surface area contributed by atoms with Crippen LogP contribution in [0.25, 0.3) is 0 Å². The number of carbonyl (C=O) groups excluding carboxylic acids is 1. The second kappa shape index (κ2) is 14.3. The van der Waals surface area contributed by atoms with E-state index in [1.165, 1.54) is 52.8 Å². The molecule has 1 amide bonds. The van der Waals surface area contributed by atoms with Gasteiger partial charge in [-0.05, 0) is 91.2 Å². The van der Waals surface area contributed by atoms with Crippen molar-refractivity contribution >= 4 is 31.6 Å². The van der Waals surface area contributed by atoms with E-state index >= 15 is 0 Å². The van der Waals surface area contributed by atoms with Gasteiger partial charge in [0.15, 0.2) is 0 Å². The second-order valence-electron chi connectivity index (χ2n) is 10.7. The molecule has 0 unspecified atom stereocenters. The zero-order chi connectivity index (χ0) is 31.9. The van der Waals surface area contributed by atoms with Crippen LogP contribution in [0.15, 0.2) is 113 Å². The van der Waals surface area contributed by atoms with Gasteiger partial charge in [0, 0.05) is 25.3 Å². The van der Waals surface area contributed by atoms with Crippen molar-refractivity contribution in [2.75, 3.05) is 25.0 Å². The van der Waals surface area contributed by atoms with Crippen LogP contribution in [0, 0.1) is 5.82 Å². The molecule has 4 aromatic rings. The van der Waals surface area contributed by atoms with Gasteiger partial charge in [0.2, 0.25) is 26.0 Å². The standard InChI is InChI=1S/C33H34FN3O6S2/c34-27-12-10-26(11-13-27)24-37(25-33(38)35-28-14-16-30(17-15-28)43-29-8-4-3-5-9-29)45(41,42)32-20-18-31(19-21-32)44(39,40)36-22-6-1-2-7-23-36/h3-5,8-21H,1-2,6-7,22-25H2,(H,35,38). The van der Waals surface area contributed by atoms with Crippen molar-refractivity contribution in [2.45, 2.75) is 42.0 Å². The van der Waals surface area contributed by atoms with E-state index in [1.54, 1.807) is 24.3 Å². The Labute approximate surface area is 263 Å². The average molecular weight is 652 g/mol. The number of anilines is 1. The minimum Gasteiger partial charge on any atom is -0.457 e. The highest BCUT2D eigenvalue weighted by molar-refractivity contribution is 7.89. The maximum atomic E-state index is 13.8. The topological polar surface area (TPSA) is 113 Å². The Morgan fingerprint density at radius 1 is 0.733 bits per heavy atom. The van der Waals surface area contributed by atoms with E-state index in [0.717, 1.165) is 30.0 Å². The van der Waals surface area contributed by atoms with Crippen LogP contribution in [-0.2, 0) is 31.4 Å². The molecule has 4 aromatic carbocycles. The van der Waals surface area contributed by atoms with Crippen molar-refractivity contribution < 1.29 is 30.8 Å². The van der Waals surface area contributed by atoms with Crippen molar-refractivity contribution in [3.63, 3.8) is 0 Å². The van der Waals surface area contributed by atoms with E-state index in [1.807, 2.05) is 30.3 Å². The highest BCUT2D eigenvalue weighted by atomic mass is 32.2. The number of para-hydroxylation sites is 1. The van der Waals surface area contributed by atoms with Crippen molar-refractivity contribution in [2.24, 2.45) is 0 Å². The fourth-order valence-corrected chi connectivity index (χ4v) is 7.88. The third-order valence-electron chi connectivity index (χ3n) is 7.37. The molecule has 0 bridgehead atoms. The molecule has 1 aliphatic rings. The largest absolute Gasteiger partial charge is 0.457 e. The number of sulfonamides is 2. The quantitative estimate of drug-likeness (QED) is 0.213. The summed E-state index contributed by atoms with van der Waals surface area (Å²) in [5.41, 5.74) is 0.901. The van der Waals surface area contributed by atoms with Gasteiger partial charge in [0.25, 0.3) is 0 Å². The summed E-state index contributed by atoms with van der Waals surface area (Å²) in [7, 11) is -8.06. The van der Waals surface area contributed by atoms with Crippen LogP contribution in [0.5, 0.6) is 11.5 Å². The first kappa shape index (κ1) is 32.3. The minimum absolute atomic E-state index is 0.00543. The summed E-state index contributed by atoms with van der Waals surface area (Å²) in [4.78, 5) is 13.0. The van der Waals surface area contributed by atoms with Gasteiger partial charge >= 0.3 is 0 Å². The highest BCUT2D eigenvalue weighted by Gasteiger charge is 2.29. The number of benzene rings is 4. The van der Waals surface area contributed by atoms with Gasteiger partial charge in [-0.2, -0.15) is 8.61 Å². The molecule has 5 rings (SSSR count). The molecule has 0 aromatic heterocycles. The number of hydrogen-bond acceptors (Lipinski definition) is 6. The third-order valence-corrected chi connectivity index (χ3v) is 11.1. The molecule has 236 valence electrons. The van der Waals surface area contributed by atoms with Gasteiger partial charge in [-0.15, -0.1) is 0 Å². The Kier molecular flexibility index (Phi) is 10.3. The smallest absolute Gasteiger partial charge is 0.243 e. The maximum Gasteiger partial charge on any atom is 0.243 e. The number of nitrogens with one attached hydrogen (secondary N) is 1. The fourth-order valence-electron chi connectivity index (χ4n) is 4.97. The number of amides is 1. The Morgan fingerprint density at radius 3 is 1.93 bits per heavy atom. The lowest BCUT2D eigenvalue weighted by molar-refractivity contribution is -0.116. The van der Waals surface area contributed by atoms with Crippen LogP contribution in [0.3, 0.4) is 0 Å². The molecule has 9 nitrogen and oxygen atoms in total. The first-order chi connectivity index (χ1) is 21.6. The predicted molar refractivity (Wildman–Crippen MR) is 169 cm³/mol. The van der Waals surface area contributed by atoms with Gasteiger partial charge < -0.3 is 10.1 Å². The summed E-state index contributed by atoms with van der Waals surface area (Å²) in [5.74, 6) is 0.133. The lowest BCUT2D eigenvalue weighted by Crippen LogP contribution is -2.37. The number of carbonyl (C=O) groups is 1. The van der Waals surface area contributed by atoms with Crippen LogP contribution in [0.4, 0.5) is 10.1 Å². The van der Waals surface area contributed by atoms with Crippen LogP contribution < -0.4 is 10.1 Å². The molecule has 0 saturated carbocycles. The van der Waals surface area contributed by atoms with Crippen molar-refractivity contribution in [1.29, 1.82) is 0 Å². The summed E-state index contributed by atoms with van der Waals surface area (Å²) in [6.07, 6.45) is 3.48. The van der Waals surface area contributed by atoms with Crippen molar-refractivity contribution in [3.8, 4) is 11.5 Å². The van der Waals surface area contributed by atoms with Crippen molar-refractivity contribution in [1.82, 2.24) is 8.61 Å². The van der Waals surface area contributed by atoms with E-state index in [9.17, 15) is 26.0 Å². The summed E-state index contributed by atoms with van der Waals surface area (Å²) in [5, 5.41) is 2.71. The summed E-state index contributed by atoms with van der Waals surface area (Å²) in [6.45, 7) is 0.0843. The maximum absolute atomic E-state index is 13.8. The first-order valence-electron chi connectivity index (χ1n) is 14.6. The lowest BCUT2D eigenvalue weighted by atomic mass is 10.2. The van der Waals surface area contributed by atoms with Gasteiger partial charge in [0.1, 0.15) is 17.3 Å². The van der Waals surface area contributed by atoms with Crippen LogP contribution in [-0.4, -0.2) is 51.0 Å². The number of hydrogen-bond donors (Lipinski definition) is 1. The minimum atomic E-state index is -4.28. The van der Waals surface area contributed by atoms with E-state index in [2.05, 4.69) is 5.32 Å². The van der Waals surface area contributed by atoms with Crippen molar-refractivity contribution in [3.05, 3.63) is 115 Å². The van der Waals surface area contributed by atoms with E-state index in [0.29, 0.717) is 35.8 Å². The molecule has 0 radical (unpaired) electrons. The summed E-state index contributed by atoms with van der Waals surface area (Å²) >= 11 is 0. The Balaban J connectivity index is 1.33. The molecule has 1 saturated heterocycles. The fraction of sp³-hybridized carbons (Fsp3) is 0.242. The zero-order valence-electron chi connectivity index (χ0n) is 24.5. The van der Waals surface area contributed by atoms with Gasteiger partial charge in [-0.1, -0.05) is 43.2 Å². The Bertz CT molecular complexity index is 1790. The number of halogens is 1. The molecule has 0 atom stereocenters. The molecule has 1 heterocycles. The average Bonchev–Trinajstić information content (AvgIpc) is 3.34. The molecular weight excluding hydrogens is 618 g/mol. The first-order valence-corrected chi connectivity index (χ1v) is 17.5. The molecule has 0 aliphatic carbocycles. The number of nitrogens with zero attached hydrogens (tertiary/aromatic N) is 2. The molecule has 45 heavy (non-hydrogen) atoms. The van der Waals surface area contributed by atoms with E-state index in [-0.39, 0.29) is 16.3 Å². The monoisotopic (exact) mass is 651 g/mol. The van der Waals surface area contributed by atoms with Crippen LogP contribution in [0.2, 0.25) is 0 Å². The highest BCUT2D eigenvalue weighted by Crippen LogP contribution is 2.25. The normalized spacial score (nSPS) is 14.5. The Morgan fingerprint density at radius 2 is 1.31 bits per heavy atom. The molecular formula is C33H34FN3O6S2. The van der Waals surface area contributed by atoms with Crippen LogP contribution in [0.1, 0.15) is 31.2 Å². The third kappa shape index (κ3) is 8.34. The van der Waals surface area contributed by atoms with Crippen LogP contribution >= 0.6 is 0 Å². The van der Waals surface area contributed by atoms with Gasteiger partial charge in [-0.25, -0.2) is 21.2 Å². The summed E-state index contributed by atoms with van der Waals surface area (Å²) in [6, 6.07) is 26.2. The lowest BCUT2D eigenvalue weighted by Gasteiger charge is -2.23. The molecule has 0 spiro atoms. The number of rotatable bonds is 11.